The van der Waals surface area contributed by atoms with Gasteiger partial charge in [0.1, 0.15) is 18.4 Å². The van der Waals surface area contributed by atoms with Crippen LogP contribution < -0.4 is 15.4 Å². The minimum Gasteiger partial charge on any atom is -0.475 e. The molecule has 2 bridgehead atoms. The molecule has 3 aliphatic carbocycles. The Balaban J connectivity index is 1.60. The number of pyridine rings is 1. The molecule has 0 aliphatic heterocycles. The van der Waals surface area contributed by atoms with Gasteiger partial charge in [-0.1, -0.05) is 0 Å². The number of hydrogen-bond acceptors (Lipinski definition) is 4. The van der Waals surface area contributed by atoms with E-state index in [1.807, 2.05) is 0 Å². The number of rotatable bonds is 7. The Morgan fingerprint density at radius 2 is 2.00 bits per heavy atom. The van der Waals surface area contributed by atoms with E-state index in [2.05, 4.69) is 15.6 Å². The fourth-order valence-corrected chi connectivity index (χ4v) is 3.92. The zero-order valence-corrected chi connectivity index (χ0v) is 15.5. The average molecular weight is 383 g/mol. The lowest BCUT2D eigenvalue weighted by Gasteiger charge is -2.49. The van der Waals surface area contributed by atoms with Crippen LogP contribution in [0.5, 0.6) is 5.88 Å². The minimum absolute atomic E-state index is 0.118. The third-order valence-corrected chi connectivity index (χ3v) is 5.64. The first-order valence-electron chi connectivity index (χ1n) is 9.44. The first-order valence-corrected chi connectivity index (χ1v) is 9.44. The zero-order valence-electron chi connectivity index (χ0n) is 15.5. The van der Waals surface area contributed by atoms with E-state index in [4.69, 9.17) is 4.74 Å². The van der Waals surface area contributed by atoms with Crippen molar-refractivity contribution in [3.63, 3.8) is 0 Å². The monoisotopic (exact) mass is 383 g/mol. The highest BCUT2D eigenvalue weighted by atomic mass is 19.1. The molecule has 0 spiro atoms. The highest BCUT2D eigenvalue weighted by Gasteiger charge is 2.49. The molecule has 3 fully saturated rings. The zero-order chi connectivity index (χ0) is 19.5. The summed E-state index contributed by atoms with van der Waals surface area (Å²) in [5, 5.41) is 15.5. The number of fused-ring (bicyclic) bond motifs is 3. The van der Waals surface area contributed by atoms with E-state index in [9.17, 15) is 18.7 Å². The maximum Gasteiger partial charge on any atom is 0.315 e. The molecule has 0 radical (unpaired) electrons. The number of nitrogens with one attached hydrogen (secondary N) is 2. The van der Waals surface area contributed by atoms with E-state index in [0.29, 0.717) is 44.1 Å². The first-order chi connectivity index (χ1) is 12.8. The summed E-state index contributed by atoms with van der Waals surface area (Å²) < 4.78 is 32.4. The van der Waals surface area contributed by atoms with Gasteiger partial charge in [-0.2, -0.15) is 0 Å². The molecule has 27 heavy (non-hydrogen) atoms. The van der Waals surface area contributed by atoms with Gasteiger partial charge < -0.3 is 20.5 Å². The molecule has 2 amide bonds. The molecular weight excluding hydrogens is 356 g/mol. The topological polar surface area (TPSA) is 83.5 Å². The lowest BCUT2D eigenvalue weighted by atomic mass is 9.64. The Bertz CT molecular complexity index is 647. The highest BCUT2D eigenvalue weighted by molar-refractivity contribution is 5.75. The van der Waals surface area contributed by atoms with Crippen LogP contribution in [0.4, 0.5) is 13.6 Å². The second-order valence-corrected chi connectivity index (χ2v) is 7.78. The number of hydrogen-bond donors (Lipinski definition) is 3. The van der Waals surface area contributed by atoms with E-state index in [1.165, 1.54) is 13.1 Å². The Kier molecular flexibility index (Phi) is 5.83. The molecular formula is C19H27F2N3O3. The molecule has 2 atom stereocenters. The van der Waals surface area contributed by atoms with Crippen LogP contribution in [0.15, 0.2) is 18.3 Å². The molecule has 4 rings (SSSR count). The summed E-state index contributed by atoms with van der Waals surface area (Å²) in [6, 6.07) is 2.19. The van der Waals surface area contributed by atoms with Crippen molar-refractivity contribution in [1.29, 1.82) is 0 Å². The molecule has 1 aromatic rings. The molecule has 2 unspecified atom stereocenters. The Morgan fingerprint density at radius 1 is 1.33 bits per heavy atom. The molecule has 3 aliphatic rings. The summed E-state index contributed by atoms with van der Waals surface area (Å²) >= 11 is 0. The third kappa shape index (κ3) is 4.86. The van der Waals surface area contributed by atoms with Crippen molar-refractivity contribution in [2.24, 2.45) is 0 Å². The van der Waals surface area contributed by atoms with Crippen molar-refractivity contribution >= 4 is 6.03 Å². The van der Waals surface area contributed by atoms with Gasteiger partial charge in [-0.25, -0.2) is 18.6 Å². The lowest BCUT2D eigenvalue weighted by molar-refractivity contribution is -0.00363. The lowest BCUT2D eigenvalue weighted by Crippen LogP contribution is -2.59. The number of ether oxygens (including phenoxy) is 1. The largest absolute Gasteiger partial charge is 0.475 e. The summed E-state index contributed by atoms with van der Waals surface area (Å²) in [6.07, 6.45) is 3.71. The number of urea groups is 1. The van der Waals surface area contributed by atoms with Crippen LogP contribution in [0, 0.1) is 0 Å². The number of alkyl halides is 2. The maximum absolute atomic E-state index is 14.3. The van der Waals surface area contributed by atoms with Gasteiger partial charge in [0.15, 0.2) is 0 Å². The summed E-state index contributed by atoms with van der Waals surface area (Å²) in [7, 11) is 0. The summed E-state index contributed by atoms with van der Waals surface area (Å²) in [4.78, 5) is 16.5. The van der Waals surface area contributed by atoms with Crippen LogP contribution >= 0.6 is 0 Å². The van der Waals surface area contributed by atoms with Crippen molar-refractivity contribution in [2.45, 2.75) is 68.9 Å². The van der Waals surface area contributed by atoms with E-state index in [0.717, 1.165) is 0 Å². The van der Waals surface area contributed by atoms with Crippen LogP contribution in [-0.2, 0) is 0 Å². The van der Waals surface area contributed by atoms with Gasteiger partial charge in [0.2, 0.25) is 5.88 Å². The van der Waals surface area contributed by atoms with E-state index in [1.54, 1.807) is 12.1 Å². The van der Waals surface area contributed by atoms with Gasteiger partial charge >= 0.3 is 6.03 Å². The summed E-state index contributed by atoms with van der Waals surface area (Å²) in [5.74, 6) is 0.232. The molecule has 8 heteroatoms. The molecule has 3 saturated carbocycles. The smallest absolute Gasteiger partial charge is 0.315 e. The van der Waals surface area contributed by atoms with Crippen molar-refractivity contribution in [3.05, 3.63) is 23.9 Å². The Hall–Kier alpha value is -1.96. The minimum atomic E-state index is -1.12. The average Bonchev–Trinajstić information content (AvgIpc) is 2.66. The van der Waals surface area contributed by atoms with Crippen molar-refractivity contribution < 1.29 is 23.4 Å². The van der Waals surface area contributed by atoms with Crippen molar-refractivity contribution in [2.75, 3.05) is 13.2 Å². The Labute approximate surface area is 157 Å². The standard InChI is InChI=1S/C19H27F2N3O3/c1-13(20)12-27-16-10-14(2-9-22-16)15(11-25)23-17(26)24-19-6-3-18(21,4-7-19)5-8-19/h2,9-10,13,15,25H,3-8,11-12H2,1H3,(H2,23,24,26). The highest BCUT2D eigenvalue weighted by Crippen LogP contribution is 2.48. The molecule has 1 aromatic heterocycles. The molecule has 1 heterocycles. The predicted octanol–water partition coefficient (Wildman–Crippen LogP) is 2.97. The first kappa shape index (κ1) is 19.8. The number of amides is 2. The maximum atomic E-state index is 14.3. The number of carbonyl (C=O) groups is 1. The van der Waals surface area contributed by atoms with Gasteiger partial charge in [-0.15, -0.1) is 0 Å². The van der Waals surface area contributed by atoms with Gasteiger partial charge in [0.25, 0.3) is 0 Å². The SMILES string of the molecule is CC(F)COc1cc(C(CO)NC(=O)NC23CCC(F)(CC2)CC3)ccn1. The van der Waals surface area contributed by atoms with Crippen LogP contribution in [-0.4, -0.2) is 46.7 Å². The molecule has 150 valence electrons. The third-order valence-electron chi connectivity index (χ3n) is 5.64. The van der Waals surface area contributed by atoms with Crippen LogP contribution in [0.2, 0.25) is 0 Å². The van der Waals surface area contributed by atoms with E-state index < -0.39 is 17.9 Å². The number of aromatic nitrogens is 1. The number of carbonyl (C=O) groups excluding carboxylic acids is 1. The summed E-state index contributed by atoms with van der Waals surface area (Å²) in [6.45, 7) is 0.957. The van der Waals surface area contributed by atoms with Gasteiger partial charge in [0, 0.05) is 17.8 Å². The quantitative estimate of drug-likeness (QED) is 0.676. The fraction of sp³-hybridized carbons (Fsp3) is 0.684. The number of nitrogens with zero attached hydrogens (tertiary/aromatic N) is 1. The fourth-order valence-electron chi connectivity index (χ4n) is 3.92. The van der Waals surface area contributed by atoms with Crippen LogP contribution in [0.1, 0.15) is 57.1 Å². The van der Waals surface area contributed by atoms with Gasteiger partial charge in [-0.3, -0.25) is 0 Å². The van der Waals surface area contributed by atoms with E-state index >= 15 is 0 Å². The number of halogens is 2. The van der Waals surface area contributed by atoms with Crippen LogP contribution in [0.25, 0.3) is 0 Å². The second-order valence-electron chi connectivity index (χ2n) is 7.78. The number of aliphatic hydroxyl groups is 1. The molecule has 3 N–H and O–H groups in total. The number of aliphatic hydroxyl groups excluding tert-OH is 1. The van der Waals surface area contributed by atoms with E-state index in [-0.39, 0.29) is 30.7 Å². The van der Waals surface area contributed by atoms with Crippen LogP contribution in [0.3, 0.4) is 0 Å². The predicted molar refractivity (Wildman–Crippen MR) is 96.1 cm³/mol. The van der Waals surface area contributed by atoms with Gasteiger partial charge in [0.05, 0.1) is 12.6 Å². The second kappa shape index (κ2) is 7.96. The molecule has 6 nitrogen and oxygen atoms in total. The Morgan fingerprint density at radius 3 is 2.59 bits per heavy atom. The molecule has 0 aromatic carbocycles. The van der Waals surface area contributed by atoms with Crippen molar-refractivity contribution in [1.82, 2.24) is 15.6 Å². The normalized spacial score (nSPS) is 29.0. The van der Waals surface area contributed by atoms with Crippen molar-refractivity contribution in [3.8, 4) is 5.88 Å². The van der Waals surface area contributed by atoms with Gasteiger partial charge in [-0.05, 0) is 57.1 Å². The summed E-state index contributed by atoms with van der Waals surface area (Å²) in [5.41, 5.74) is -0.809. The molecule has 0 saturated heterocycles.